The first kappa shape index (κ1) is 22.0. The van der Waals surface area contributed by atoms with Gasteiger partial charge in [0, 0.05) is 17.8 Å². The molecule has 1 aromatic heterocycles. The van der Waals surface area contributed by atoms with Gasteiger partial charge in [0.2, 0.25) is 0 Å². The molecular formula is C19H17Cl2F2N3O4. The second kappa shape index (κ2) is 8.23. The summed E-state index contributed by atoms with van der Waals surface area (Å²) in [5.41, 5.74) is -0.704. The van der Waals surface area contributed by atoms with Crippen molar-refractivity contribution in [2.75, 3.05) is 10.6 Å². The Kier molecular flexibility index (Phi) is 6.05. The summed E-state index contributed by atoms with van der Waals surface area (Å²) in [7, 11) is 0. The van der Waals surface area contributed by atoms with Crippen molar-refractivity contribution >= 4 is 46.4 Å². The van der Waals surface area contributed by atoms with Gasteiger partial charge in [-0.25, -0.2) is 0 Å². The number of ether oxygens (including phenoxy) is 2. The maximum atomic E-state index is 12.9. The maximum Gasteiger partial charge on any atom is 0.387 e. The Morgan fingerprint density at radius 1 is 1.27 bits per heavy atom. The van der Waals surface area contributed by atoms with Crippen LogP contribution in [0.15, 0.2) is 24.5 Å². The van der Waals surface area contributed by atoms with E-state index in [9.17, 15) is 18.4 Å². The monoisotopic (exact) mass is 459 g/mol. The minimum absolute atomic E-state index is 0.0590. The van der Waals surface area contributed by atoms with Crippen LogP contribution >= 0.6 is 23.2 Å². The molecule has 0 saturated carbocycles. The number of alkyl halides is 2. The molecule has 0 bridgehead atoms. The number of pyridine rings is 1. The molecular weight excluding hydrogens is 443 g/mol. The highest BCUT2D eigenvalue weighted by molar-refractivity contribution is 6.39. The van der Waals surface area contributed by atoms with E-state index >= 15 is 0 Å². The summed E-state index contributed by atoms with van der Waals surface area (Å²) >= 11 is 12.0. The molecule has 0 fully saturated rings. The lowest BCUT2D eigenvalue weighted by molar-refractivity contribution is -0.128. The largest absolute Gasteiger partial charge is 0.474 e. The van der Waals surface area contributed by atoms with E-state index < -0.39 is 29.9 Å². The number of carbonyl (C=O) groups is 2. The molecule has 0 saturated heterocycles. The van der Waals surface area contributed by atoms with Gasteiger partial charge in [-0.15, -0.1) is 0 Å². The van der Waals surface area contributed by atoms with Crippen molar-refractivity contribution in [3.63, 3.8) is 0 Å². The number of benzene rings is 1. The van der Waals surface area contributed by atoms with Crippen LogP contribution in [0.5, 0.6) is 11.5 Å². The lowest BCUT2D eigenvalue weighted by Crippen LogP contribution is -2.46. The number of hydrogen-bond donors (Lipinski definition) is 2. The molecule has 7 nitrogen and oxygen atoms in total. The van der Waals surface area contributed by atoms with Crippen molar-refractivity contribution in [3.05, 3.63) is 40.1 Å². The van der Waals surface area contributed by atoms with Crippen molar-refractivity contribution in [2.24, 2.45) is 5.41 Å². The second-order valence-corrected chi connectivity index (χ2v) is 8.29. The van der Waals surface area contributed by atoms with Crippen molar-refractivity contribution in [3.8, 4) is 11.5 Å². The number of rotatable bonds is 4. The number of aromatic nitrogens is 1. The first-order valence-electron chi connectivity index (χ1n) is 8.68. The van der Waals surface area contributed by atoms with E-state index in [0.717, 1.165) is 6.07 Å². The van der Waals surface area contributed by atoms with E-state index in [4.69, 9.17) is 27.9 Å². The summed E-state index contributed by atoms with van der Waals surface area (Å²) in [6.45, 7) is 2.12. The van der Waals surface area contributed by atoms with Gasteiger partial charge < -0.3 is 20.1 Å². The van der Waals surface area contributed by atoms with E-state index in [1.54, 1.807) is 20.8 Å². The van der Waals surface area contributed by atoms with Crippen molar-refractivity contribution in [2.45, 2.75) is 33.5 Å². The number of hydrogen-bond acceptors (Lipinski definition) is 5. The molecule has 1 aromatic carbocycles. The molecule has 0 radical (unpaired) electrons. The molecule has 2 amide bonds. The third kappa shape index (κ3) is 4.41. The minimum atomic E-state index is -3.13. The summed E-state index contributed by atoms with van der Waals surface area (Å²) in [6.07, 6.45) is 1.58. The van der Waals surface area contributed by atoms with Crippen LogP contribution in [0.3, 0.4) is 0 Å². The summed E-state index contributed by atoms with van der Waals surface area (Å²) in [5, 5.41) is 5.28. The average Bonchev–Trinajstić information content (AvgIpc) is 2.63. The Hall–Kier alpha value is -2.65. The van der Waals surface area contributed by atoms with Crippen molar-refractivity contribution in [1.29, 1.82) is 0 Å². The van der Waals surface area contributed by atoms with Crippen LogP contribution in [0.25, 0.3) is 0 Å². The molecule has 1 aliphatic rings. The predicted molar refractivity (Wildman–Crippen MR) is 108 cm³/mol. The summed E-state index contributed by atoms with van der Waals surface area (Å²) in [6, 6.07) is 2.38. The number of nitrogens with zero attached hydrogens (tertiary/aromatic N) is 1. The quantitative estimate of drug-likeness (QED) is 0.672. The number of nitrogens with one attached hydrogen (secondary N) is 2. The molecule has 1 aliphatic heterocycles. The summed E-state index contributed by atoms with van der Waals surface area (Å²) < 4.78 is 35.9. The third-order valence-electron chi connectivity index (χ3n) is 4.18. The standard InChI is InChI=1S/C19H17Cl2F2N3O4/c1-19(2,3)15-17(28)25-12-8(4-5-11(14(12)30-15)29-18(22)23)16(27)26-13-9(20)6-24-7-10(13)21/h4-7,15,18H,1-3H3,(H,25,28)(H,24,26,27)/t15-/m1/s1. The van der Waals surface area contributed by atoms with Crippen LogP contribution in [0, 0.1) is 5.41 Å². The van der Waals surface area contributed by atoms with E-state index in [-0.39, 0.29) is 38.5 Å². The van der Waals surface area contributed by atoms with Gasteiger partial charge in [-0.05, 0) is 12.1 Å². The van der Waals surface area contributed by atoms with Gasteiger partial charge in [0.05, 0.1) is 21.3 Å². The molecule has 160 valence electrons. The SMILES string of the molecule is CC(C)(C)[C@@H]1Oc2c(OC(F)F)ccc(C(=O)Nc3c(Cl)cncc3Cl)c2NC1=O. The van der Waals surface area contributed by atoms with Gasteiger partial charge in [0.15, 0.2) is 17.6 Å². The van der Waals surface area contributed by atoms with E-state index in [1.807, 2.05) is 0 Å². The fourth-order valence-corrected chi connectivity index (χ4v) is 3.28. The second-order valence-electron chi connectivity index (χ2n) is 7.48. The van der Waals surface area contributed by atoms with Gasteiger partial charge in [0.25, 0.3) is 11.8 Å². The first-order valence-corrected chi connectivity index (χ1v) is 9.44. The Labute approximate surface area is 180 Å². The van der Waals surface area contributed by atoms with Crippen molar-refractivity contribution in [1.82, 2.24) is 4.98 Å². The smallest absolute Gasteiger partial charge is 0.387 e. The zero-order valence-corrected chi connectivity index (χ0v) is 17.6. The summed E-state index contributed by atoms with van der Waals surface area (Å²) in [4.78, 5) is 29.2. The molecule has 11 heteroatoms. The number of halogens is 4. The van der Waals surface area contributed by atoms with Gasteiger partial charge >= 0.3 is 6.61 Å². The fraction of sp³-hybridized carbons (Fsp3) is 0.316. The Balaban J connectivity index is 2.05. The third-order valence-corrected chi connectivity index (χ3v) is 4.76. The van der Waals surface area contributed by atoms with E-state index in [2.05, 4.69) is 20.4 Å². The highest BCUT2D eigenvalue weighted by Crippen LogP contribution is 2.44. The average molecular weight is 460 g/mol. The molecule has 3 rings (SSSR count). The van der Waals surface area contributed by atoms with Crippen LogP contribution in [-0.2, 0) is 4.79 Å². The molecule has 0 spiro atoms. The molecule has 0 unspecified atom stereocenters. The van der Waals surface area contributed by atoms with Gasteiger partial charge in [-0.3, -0.25) is 14.6 Å². The Bertz CT molecular complexity index is 992. The fourth-order valence-electron chi connectivity index (χ4n) is 2.82. The number of carbonyl (C=O) groups excluding carboxylic acids is 2. The lowest BCUT2D eigenvalue weighted by atomic mass is 9.87. The van der Waals surface area contributed by atoms with Crippen LogP contribution in [0.2, 0.25) is 10.0 Å². The molecule has 1 atom stereocenters. The predicted octanol–water partition coefficient (Wildman–Crippen LogP) is 4.99. The van der Waals surface area contributed by atoms with Gasteiger partial charge in [-0.1, -0.05) is 44.0 Å². The Morgan fingerprint density at radius 2 is 1.90 bits per heavy atom. The van der Waals surface area contributed by atoms with Gasteiger partial charge in [0.1, 0.15) is 5.69 Å². The topological polar surface area (TPSA) is 89.6 Å². The molecule has 30 heavy (non-hydrogen) atoms. The Morgan fingerprint density at radius 3 is 2.47 bits per heavy atom. The normalized spacial score (nSPS) is 15.9. The highest BCUT2D eigenvalue weighted by atomic mass is 35.5. The number of fused-ring (bicyclic) bond motifs is 1. The molecule has 2 heterocycles. The van der Waals surface area contributed by atoms with E-state index in [0.29, 0.717) is 0 Å². The zero-order valence-electron chi connectivity index (χ0n) is 16.1. The molecule has 2 N–H and O–H groups in total. The van der Waals surface area contributed by atoms with Crippen LogP contribution in [0.1, 0.15) is 31.1 Å². The van der Waals surface area contributed by atoms with E-state index in [1.165, 1.54) is 18.5 Å². The zero-order chi connectivity index (χ0) is 22.2. The number of anilines is 2. The van der Waals surface area contributed by atoms with Crippen molar-refractivity contribution < 1.29 is 27.8 Å². The maximum absolute atomic E-state index is 12.9. The van der Waals surface area contributed by atoms with Crippen LogP contribution < -0.4 is 20.1 Å². The molecule has 2 aromatic rings. The first-order chi connectivity index (χ1) is 14.0. The minimum Gasteiger partial charge on any atom is -0.474 e. The lowest BCUT2D eigenvalue weighted by Gasteiger charge is -2.35. The summed E-state index contributed by atoms with van der Waals surface area (Å²) in [5.74, 6) is -1.72. The van der Waals surface area contributed by atoms with Gasteiger partial charge in [-0.2, -0.15) is 8.78 Å². The number of amides is 2. The van der Waals surface area contributed by atoms with Crippen LogP contribution in [-0.4, -0.2) is 29.5 Å². The highest BCUT2D eigenvalue weighted by Gasteiger charge is 2.40. The molecule has 0 aliphatic carbocycles. The van der Waals surface area contributed by atoms with Crippen LogP contribution in [0.4, 0.5) is 20.2 Å².